The number of hydrogen-bond donors (Lipinski definition) is 0. The molecule has 0 radical (unpaired) electrons. The Hall–Kier alpha value is -1.49. The van der Waals surface area contributed by atoms with Crippen LogP contribution in [0.15, 0.2) is 24.3 Å². The normalized spacial score (nSPS) is 28.1. The number of rotatable bonds is 1. The van der Waals surface area contributed by atoms with Gasteiger partial charge in [-0.15, -0.1) is 11.8 Å². The smallest absolute Gasteiger partial charge is 0.256 e. The minimum atomic E-state index is -1.18. The molecule has 0 aromatic heterocycles. The SMILES string of the molecule is CC1(C)S[C@@H]2c3ccccc3C(=O)N2[C@@H]1C(=O)[O-]. The van der Waals surface area contributed by atoms with Crippen molar-refractivity contribution in [1.82, 2.24) is 4.90 Å². The maximum Gasteiger partial charge on any atom is 0.256 e. The van der Waals surface area contributed by atoms with Gasteiger partial charge in [0, 0.05) is 10.3 Å². The minimum Gasteiger partial charge on any atom is -0.548 e. The fraction of sp³-hybridized carbons (Fsp3) is 0.385. The molecular weight excluding hydrogens is 250 g/mol. The largest absolute Gasteiger partial charge is 0.548 e. The van der Waals surface area contributed by atoms with Gasteiger partial charge in [-0.2, -0.15) is 0 Å². The van der Waals surface area contributed by atoms with Gasteiger partial charge < -0.3 is 14.8 Å². The van der Waals surface area contributed by atoms with E-state index in [1.165, 1.54) is 16.7 Å². The molecular formula is C13H12NO3S-. The van der Waals surface area contributed by atoms with Crippen LogP contribution in [0.25, 0.3) is 0 Å². The molecule has 2 heterocycles. The van der Waals surface area contributed by atoms with Crippen LogP contribution in [0, 0.1) is 0 Å². The average molecular weight is 262 g/mol. The summed E-state index contributed by atoms with van der Waals surface area (Å²) in [6.07, 6.45) is 0. The predicted octanol–water partition coefficient (Wildman–Crippen LogP) is 0.785. The first-order valence-electron chi connectivity index (χ1n) is 5.74. The van der Waals surface area contributed by atoms with Gasteiger partial charge in [0.25, 0.3) is 5.91 Å². The number of carbonyl (C=O) groups excluding carboxylic acids is 2. The molecule has 4 nitrogen and oxygen atoms in total. The molecule has 1 saturated heterocycles. The maximum atomic E-state index is 12.3. The first-order valence-corrected chi connectivity index (χ1v) is 6.62. The van der Waals surface area contributed by atoms with Crippen LogP contribution in [0.5, 0.6) is 0 Å². The Morgan fingerprint density at radius 2 is 2.06 bits per heavy atom. The second-order valence-corrected chi connectivity index (χ2v) is 6.83. The Morgan fingerprint density at radius 3 is 2.72 bits per heavy atom. The summed E-state index contributed by atoms with van der Waals surface area (Å²) < 4.78 is -0.535. The number of amides is 1. The van der Waals surface area contributed by atoms with Crippen molar-refractivity contribution in [1.29, 1.82) is 0 Å². The van der Waals surface area contributed by atoms with Gasteiger partial charge in [0.2, 0.25) is 0 Å². The van der Waals surface area contributed by atoms with Gasteiger partial charge in [-0.1, -0.05) is 18.2 Å². The summed E-state index contributed by atoms with van der Waals surface area (Å²) in [5, 5.41) is 11.1. The third-order valence-electron chi connectivity index (χ3n) is 3.52. The topological polar surface area (TPSA) is 60.4 Å². The van der Waals surface area contributed by atoms with E-state index in [2.05, 4.69) is 0 Å². The minimum absolute atomic E-state index is 0.202. The number of aliphatic carboxylic acids is 1. The third kappa shape index (κ3) is 1.34. The maximum absolute atomic E-state index is 12.3. The van der Waals surface area contributed by atoms with E-state index in [-0.39, 0.29) is 11.3 Å². The van der Waals surface area contributed by atoms with Gasteiger partial charge >= 0.3 is 0 Å². The highest BCUT2D eigenvalue weighted by Gasteiger charge is 2.54. The van der Waals surface area contributed by atoms with Crippen LogP contribution in [0.1, 0.15) is 35.1 Å². The molecule has 0 aliphatic carbocycles. The van der Waals surface area contributed by atoms with Crippen molar-refractivity contribution in [3.63, 3.8) is 0 Å². The van der Waals surface area contributed by atoms with E-state index in [1.807, 2.05) is 26.0 Å². The molecule has 94 valence electrons. The lowest BCUT2D eigenvalue weighted by molar-refractivity contribution is -0.311. The zero-order valence-electron chi connectivity index (χ0n) is 10.0. The van der Waals surface area contributed by atoms with Crippen molar-refractivity contribution < 1.29 is 14.7 Å². The van der Waals surface area contributed by atoms with Crippen LogP contribution < -0.4 is 5.11 Å². The molecule has 1 aromatic rings. The molecule has 2 aliphatic heterocycles. The fourth-order valence-electron chi connectivity index (χ4n) is 2.76. The summed E-state index contributed by atoms with van der Waals surface area (Å²) in [6.45, 7) is 3.68. The van der Waals surface area contributed by atoms with E-state index in [1.54, 1.807) is 12.1 Å². The van der Waals surface area contributed by atoms with Crippen molar-refractivity contribution >= 4 is 23.6 Å². The number of benzene rings is 1. The highest BCUT2D eigenvalue weighted by molar-refractivity contribution is 8.01. The van der Waals surface area contributed by atoms with E-state index >= 15 is 0 Å². The molecule has 0 unspecified atom stereocenters. The molecule has 1 amide bonds. The Balaban J connectivity index is 2.13. The third-order valence-corrected chi connectivity index (χ3v) is 5.05. The number of nitrogens with zero attached hydrogens (tertiary/aromatic N) is 1. The van der Waals surface area contributed by atoms with Crippen molar-refractivity contribution in [2.45, 2.75) is 30.0 Å². The summed E-state index contributed by atoms with van der Waals surface area (Å²) in [4.78, 5) is 25.1. The average Bonchev–Trinajstić information content (AvgIpc) is 2.72. The zero-order chi connectivity index (χ0) is 13.1. The number of thioether (sulfide) groups is 1. The molecule has 0 bridgehead atoms. The summed E-state index contributed by atoms with van der Waals surface area (Å²) in [5.41, 5.74) is 1.51. The van der Waals surface area contributed by atoms with Crippen LogP contribution in [-0.4, -0.2) is 27.6 Å². The highest BCUT2D eigenvalue weighted by Crippen LogP contribution is 2.56. The number of carboxylic acid groups (broad SMARTS) is 1. The van der Waals surface area contributed by atoms with E-state index in [0.717, 1.165) is 5.56 Å². The predicted molar refractivity (Wildman–Crippen MR) is 65.8 cm³/mol. The van der Waals surface area contributed by atoms with Crippen molar-refractivity contribution in [2.75, 3.05) is 0 Å². The molecule has 2 atom stereocenters. The van der Waals surface area contributed by atoms with Gasteiger partial charge in [-0.25, -0.2) is 0 Å². The van der Waals surface area contributed by atoms with Gasteiger partial charge in [-0.3, -0.25) is 4.79 Å². The quantitative estimate of drug-likeness (QED) is 0.750. The molecule has 2 aliphatic rings. The van der Waals surface area contributed by atoms with Gasteiger partial charge in [0.15, 0.2) is 0 Å². The molecule has 3 rings (SSSR count). The van der Waals surface area contributed by atoms with Gasteiger partial charge in [0.05, 0.1) is 12.0 Å². The molecule has 5 heteroatoms. The van der Waals surface area contributed by atoms with Crippen molar-refractivity contribution in [3.8, 4) is 0 Å². The number of carbonyl (C=O) groups is 2. The zero-order valence-corrected chi connectivity index (χ0v) is 10.9. The lowest BCUT2D eigenvalue weighted by atomic mass is 10.0. The van der Waals surface area contributed by atoms with Crippen molar-refractivity contribution in [2.24, 2.45) is 0 Å². The number of carboxylic acids is 1. The van der Waals surface area contributed by atoms with Crippen LogP contribution in [0.4, 0.5) is 0 Å². The van der Waals surface area contributed by atoms with E-state index in [9.17, 15) is 14.7 Å². The van der Waals surface area contributed by atoms with Crippen LogP contribution in [0.2, 0.25) is 0 Å². The summed E-state index contributed by atoms with van der Waals surface area (Å²) in [6, 6.07) is 6.42. The Labute approximate surface area is 109 Å². The second-order valence-electron chi connectivity index (χ2n) is 5.09. The van der Waals surface area contributed by atoms with Crippen LogP contribution in [-0.2, 0) is 4.79 Å². The molecule has 0 saturated carbocycles. The number of hydrogen-bond acceptors (Lipinski definition) is 4. The lowest BCUT2D eigenvalue weighted by Gasteiger charge is -2.31. The van der Waals surface area contributed by atoms with Crippen molar-refractivity contribution in [3.05, 3.63) is 35.4 Å². The van der Waals surface area contributed by atoms with Gasteiger partial charge in [-0.05, 0) is 25.5 Å². The Bertz CT molecular complexity index is 555. The first-order chi connectivity index (χ1) is 8.43. The molecule has 18 heavy (non-hydrogen) atoms. The first kappa shape index (κ1) is 11.6. The van der Waals surface area contributed by atoms with Crippen LogP contribution >= 0.6 is 11.8 Å². The van der Waals surface area contributed by atoms with Crippen LogP contribution in [0.3, 0.4) is 0 Å². The second kappa shape index (κ2) is 3.51. The Kier molecular flexibility index (Phi) is 2.26. The number of fused-ring (bicyclic) bond motifs is 3. The van der Waals surface area contributed by atoms with E-state index < -0.39 is 16.8 Å². The summed E-state index contributed by atoms with van der Waals surface area (Å²) in [7, 11) is 0. The highest BCUT2D eigenvalue weighted by atomic mass is 32.2. The molecule has 1 aromatic carbocycles. The van der Waals surface area contributed by atoms with Gasteiger partial charge in [0.1, 0.15) is 5.37 Å². The fourth-order valence-corrected chi connectivity index (χ4v) is 4.34. The summed E-state index contributed by atoms with van der Waals surface area (Å²) in [5.74, 6) is -1.39. The standard InChI is InChI=1S/C13H13NO3S/c1-13(2)9(12(16)17)14-10(15)7-5-3-4-6-8(7)11(14)18-13/h3-6,9,11H,1-2H3,(H,16,17)/p-1/t9-,11-/m1/s1. The summed E-state index contributed by atoms with van der Waals surface area (Å²) >= 11 is 1.51. The van der Waals surface area contributed by atoms with E-state index in [4.69, 9.17) is 0 Å². The van der Waals surface area contributed by atoms with E-state index in [0.29, 0.717) is 5.56 Å². The molecule has 0 N–H and O–H groups in total. The lowest BCUT2D eigenvalue weighted by Crippen LogP contribution is -2.53. The molecule has 1 fully saturated rings. The monoisotopic (exact) mass is 262 g/mol. The Morgan fingerprint density at radius 1 is 1.39 bits per heavy atom. The molecule has 0 spiro atoms.